The van der Waals surface area contributed by atoms with Crippen molar-refractivity contribution in [1.29, 1.82) is 0 Å². The molecule has 0 saturated carbocycles. The molecule has 1 aromatic carbocycles. The van der Waals surface area contributed by atoms with Crippen molar-refractivity contribution in [2.75, 3.05) is 17.7 Å². The Bertz CT molecular complexity index is 708. The fraction of sp³-hybridized carbons (Fsp3) is 0.353. The summed E-state index contributed by atoms with van der Waals surface area (Å²) in [5.41, 5.74) is 1.78. The molecule has 6 nitrogen and oxygen atoms in total. The van der Waals surface area contributed by atoms with E-state index < -0.39 is 0 Å². The van der Waals surface area contributed by atoms with Crippen LogP contribution in [0.15, 0.2) is 30.6 Å². The third kappa shape index (κ3) is 4.67. The molecule has 0 bridgehead atoms. The second-order valence-corrected chi connectivity index (χ2v) is 6.32. The minimum absolute atomic E-state index is 0.151. The molecule has 23 heavy (non-hydrogen) atoms. The Morgan fingerprint density at radius 2 is 1.91 bits per heavy atom. The number of rotatable bonds is 4. The van der Waals surface area contributed by atoms with Gasteiger partial charge in [-0.3, -0.25) is 4.79 Å². The first kappa shape index (κ1) is 16.7. The van der Waals surface area contributed by atoms with Crippen LogP contribution in [0, 0.1) is 6.92 Å². The van der Waals surface area contributed by atoms with Crippen LogP contribution in [-0.2, 0) is 0 Å². The quantitative estimate of drug-likeness (QED) is 0.906. The lowest BCUT2D eigenvalue weighted by Crippen LogP contribution is -2.27. The van der Waals surface area contributed by atoms with Crippen molar-refractivity contribution in [2.24, 2.45) is 0 Å². The summed E-state index contributed by atoms with van der Waals surface area (Å²) in [7, 11) is 1.57. The van der Waals surface area contributed by atoms with Crippen molar-refractivity contribution in [2.45, 2.75) is 33.2 Å². The van der Waals surface area contributed by atoms with Crippen molar-refractivity contribution in [3.8, 4) is 5.75 Å². The van der Waals surface area contributed by atoms with Crippen LogP contribution < -0.4 is 15.4 Å². The first-order chi connectivity index (χ1) is 10.8. The minimum atomic E-state index is -0.312. The highest BCUT2D eigenvalue weighted by molar-refractivity contribution is 6.04. The molecule has 2 aromatic rings. The number of aryl methyl sites for hydroxylation is 1. The van der Waals surface area contributed by atoms with Gasteiger partial charge in [-0.1, -0.05) is 6.07 Å². The van der Waals surface area contributed by atoms with Crippen LogP contribution in [0.5, 0.6) is 5.75 Å². The molecule has 0 aliphatic carbocycles. The van der Waals surface area contributed by atoms with E-state index >= 15 is 0 Å². The molecule has 0 radical (unpaired) electrons. The molecule has 2 N–H and O–H groups in total. The van der Waals surface area contributed by atoms with Crippen LogP contribution in [0.2, 0.25) is 0 Å². The van der Waals surface area contributed by atoms with Gasteiger partial charge in [0.05, 0.1) is 12.8 Å². The van der Waals surface area contributed by atoms with E-state index in [1.165, 1.54) is 6.33 Å². The molecule has 1 aromatic heterocycles. The van der Waals surface area contributed by atoms with Gasteiger partial charge in [0.15, 0.2) is 0 Å². The molecule has 1 amide bonds. The third-order valence-corrected chi connectivity index (χ3v) is 3.01. The molecule has 1 heterocycles. The number of aromatic nitrogens is 2. The average Bonchev–Trinajstić information content (AvgIpc) is 2.46. The van der Waals surface area contributed by atoms with Crippen LogP contribution in [0.25, 0.3) is 0 Å². The Labute approximate surface area is 136 Å². The number of carbonyl (C=O) groups excluding carboxylic acids is 1. The van der Waals surface area contributed by atoms with E-state index in [0.29, 0.717) is 17.3 Å². The van der Waals surface area contributed by atoms with Crippen LogP contribution in [0.1, 0.15) is 36.8 Å². The van der Waals surface area contributed by atoms with E-state index in [1.807, 2.05) is 45.9 Å². The number of ether oxygens (including phenoxy) is 1. The SMILES string of the molecule is COc1ccc(C)cc1NC(=O)c1cc(NC(C)(C)C)ncn1. The van der Waals surface area contributed by atoms with E-state index in [9.17, 15) is 4.79 Å². The van der Waals surface area contributed by atoms with E-state index in [0.717, 1.165) is 5.56 Å². The topological polar surface area (TPSA) is 76.1 Å². The maximum absolute atomic E-state index is 12.4. The predicted octanol–water partition coefficient (Wildman–Crippen LogP) is 3.26. The van der Waals surface area contributed by atoms with Gasteiger partial charge in [-0.2, -0.15) is 0 Å². The van der Waals surface area contributed by atoms with Gasteiger partial charge in [-0.25, -0.2) is 9.97 Å². The molecule has 6 heteroatoms. The second kappa shape index (κ2) is 6.64. The zero-order chi connectivity index (χ0) is 17.0. The second-order valence-electron chi connectivity index (χ2n) is 6.32. The summed E-state index contributed by atoms with van der Waals surface area (Å²) in [6.45, 7) is 8.01. The fourth-order valence-electron chi connectivity index (χ4n) is 2.04. The lowest BCUT2D eigenvalue weighted by molar-refractivity contribution is 0.102. The maximum Gasteiger partial charge on any atom is 0.274 e. The number of anilines is 2. The first-order valence-electron chi connectivity index (χ1n) is 7.35. The summed E-state index contributed by atoms with van der Waals surface area (Å²) in [5, 5.41) is 6.04. The van der Waals surface area contributed by atoms with Gasteiger partial charge in [0.25, 0.3) is 5.91 Å². The van der Waals surface area contributed by atoms with Crippen LogP contribution in [-0.4, -0.2) is 28.5 Å². The monoisotopic (exact) mass is 314 g/mol. The Morgan fingerprint density at radius 1 is 1.17 bits per heavy atom. The van der Waals surface area contributed by atoms with Gasteiger partial charge < -0.3 is 15.4 Å². The van der Waals surface area contributed by atoms with E-state index in [4.69, 9.17) is 4.74 Å². The molecule has 0 saturated heterocycles. The van der Waals surface area contributed by atoms with Crippen LogP contribution in [0.4, 0.5) is 11.5 Å². The standard InChI is InChI=1S/C17H22N4O2/c1-11-6-7-14(23-5)12(8-11)20-16(22)13-9-15(19-10-18-13)21-17(2,3)4/h6-10H,1-5H3,(H,20,22)(H,18,19,21). The van der Waals surface area contributed by atoms with Crippen molar-refractivity contribution in [1.82, 2.24) is 9.97 Å². The number of benzene rings is 1. The zero-order valence-electron chi connectivity index (χ0n) is 14.1. The molecule has 2 rings (SSSR count). The van der Waals surface area contributed by atoms with Gasteiger partial charge in [0.1, 0.15) is 23.6 Å². The lowest BCUT2D eigenvalue weighted by atomic mass is 10.1. The number of methoxy groups -OCH3 is 1. The highest BCUT2D eigenvalue weighted by Gasteiger charge is 2.15. The van der Waals surface area contributed by atoms with E-state index in [2.05, 4.69) is 20.6 Å². The molecule has 0 spiro atoms. The number of carbonyl (C=O) groups is 1. The van der Waals surface area contributed by atoms with Gasteiger partial charge in [0, 0.05) is 11.6 Å². The number of hydrogen-bond donors (Lipinski definition) is 2. The van der Waals surface area contributed by atoms with Crippen molar-refractivity contribution < 1.29 is 9.53 Å². The summed E-state index contributed by atoms with van der Waals surface area (Å²) in [5.74, 6) is 0.896. The Balaban J connectivity index is 2.21. The first-order valence-corrected chi connectivity index (χ1v) is 7.35. The van der Waals surface area contributed by atoms with Gasteiger partial charge in [-0.15, -0.1) is 0 Å². The normalized spacial score (nSPS) is 11.0. The van der Waals surface area contributed by atoms with E-state index in [-0.39, 0.29) is 17.1 Å². The highest BCUT2D eigenvalue weighted by Crippen LogP contribution is 2.25. The summed E-state index contributed by atoms with van der Waals surface area (Å²) in [6, 6.07) is 7.22. The van der Waals surface area contributed by atoms with Crippen LogP contribution in [0.3, 0.4) is 0 Å². The van der Waals surface area contributed by atoms with Gasteiger partial charge in [0.2, 0.25) is 0 Å². The Hall–Kier alpha value is -2.63. The molecule has 0 unspecified atom stereocenters. The predicted molar refractivity (Wildman–Crippen MR) is 91.1 cm³/mol. The Kier molecular flexibility index (Phi) is 4.83. The number of amides is 1. The van der Waals surface area contributed by atoms with Gasteiger partial charge >= 0.3 is 0 Å². The summed E-state index contributed by atoms with van der Waals surface area (Å²) < 4.78 is 5.27. The zero-order valence-corrected chi connectivity index (χ0v) is 14.1. The molecule has 0 atom stereocenters. The van der Waals surface area contributed by atoms with Crippen molar-refractivity contribution >= 4 is 17.4 Å². The number of nitrogens with zero attached hydrogens (tertiary/aromatic N) is 2. The van der Waals surface area contributed by atoms with E-state index in [1.54, 1.807) is 13.2 Å². The molecule has 122 valence electrons. The lowest BCUT2D eigenvalue weighted by Gasteiger charge is -2.21. The van der Waals surface area contributed by atoms with Crippen molar-refractivity contribution in [3.63, 3.8) is 0 Å². The summed E-state index contributed by atoms with van der Waals surface area (Å²) >= 11 is 0. The average molecular weight is 314 g/mol. The molecule has 0 aliphatic rings. The van der Waals surface area contributed by atoms with Crippen molar-refractivity contribution in [3.05, 3.63) is 41.9 Å². The highest BCUT2D eigenvalue weighted by atomic mass is 16.5. The molecular weight excluding hydrogens is 292 g/mol. The number of hydrogen-bond acceptors (Lipinski definition) is 5. The number of nitrogens with one attached hydrogen (secondary N) is 2. The molecule has 0 fully saturated rings. The molecule has 0 aliphatic heterocycles. The Morgan fingerprint density at radius 3 is 2.57 bits per heavy atom. The fourth-order valence-corrected chi connectivity index (χ4v) is 2.04. The smallest absolute Gasteiger partial charge is 0.274 e. The largest absolute Gasteiger partial charge is 0.495 e. The minimum Gasteiger partial charge on any atom is -0.495 e. The molecular formula is C17H22N4O2. The van der Waals surface area contributed by atoms with Gasteiger partial charge in [-0.05, 0) is 45.4 Å². The van der Waals surface area contributed by atoms with Crippen LogP contribution >= 0.6 is 0 Å². The summed E-state index contributed by atoms with van der Waals surface area (Å²) in [6.07, 6.45) is 1.37. The third-order valence-electron chi connectivity index (χ3n) is 3.01. The maximum atomic E-state index is 12.4. The summed E-state index contributed by atoms with van der Waals surface area (Å²) in [4.78, 5) is 20.6.